The Hall–Kier alpha value is -5.73. The number of rotatable bonds is 14. The number of aromatic amines is 1. The van der Waals surface area contributed by atoms with Crippen LogP contribution in [0.4, 0.5) is 0 Å². The lowest BCUT2D eigenvalue weighted by atomic mass is 10.0. The lowest BCUT2D eigenvalue weighted by Crippen LogP contribution is -2.61. The summed E-state index contributed by atoms with van der Waals surface area (Å²) < 4.78 is 0. The van der Waals surface area contributed by atoms with Crippen LogP contribution >= 0.6 is 21.6 Å². The van der Waals surface area contributed by atoms with Crippen molar-refractivity contribution in [3.63, 3.8) is 0 Å². The number of para-hydroxylation sites is 1. The van der Waals surface area contributed by atoms with Gasteiger partial charge in [0.05, 0.1) is 18.2 Å². The van der Waals surface area contributed by atoms with Crippen molar-refractivity contribution < 1.29 is 38.7 Å². The number of aliphatic hydroxyl groups excluding tert-OH is 1. The van der Waals surface area contributed by atoms with Crippen LogP contribution in [0.1, 0.15) is 42.9 Å². The van der Waals surface area contributed by atoms with Crippen LogP contribution in [0.25, 0.3) is 10.9 Å². The van der Waals surface area contributed by atoms with Crippen LogP contribution in [0.15, 0.2) is 91.1 Å². The van der Waals surface area contributed by atoms with E-state index in [1.54, 1.807) is 36.5 Å². The predicted octanol–water partition coefficient (Wildman–Crippen LogP) is 0.536. The number of aromatic nitrogens is 1. The van der Waals surface area contributed by atoms with Crippen molar-refractivity contribution in [2.24, 2.45) is 11.5 Å². The summed E-state index contributed by atoms with van der Waals surface area (Å²) in [5.74, 6) is -4.47. The average Bonchev–Trinajstić information content (AvgIpc) is 3.70. The maximum atomic E-state index is 14.6. The summed E-state index contributed by atoms with van der Waals surface area (Å²) in [5, 5.41) is 27.7. The molecule has 4 aromatic rings. The maximum Gasteiger partial charge on any atom is 0.245 e. The van der Waals surface area contributed by atoms with Gasteiger partial charge in [-0.05, 0) is 61.9 Å². The zero-order chi connectivity index (χ0) is 46.0. The lowest BCUT2D eigenvalue weighted by molar-refractivity contribution is -0.136. The van der Waals surface area contributed by atoms with E-state index in [-0.39, 0.29) is 37.2 Å². The molecule has 5 rings (SSSR count). The van der Waals surface area contributed by atoms with Crippen LogP contribution in [0.5, 0.6) is 0 Å². The molecule has 0 unspecified atom stereocenters. The van der Waals surface area contributed by atoms with Crippen LogP contribution < -0.4 is 43.4 Å². The molecule has 12 N–H and O–H groups in total. The van der Waals surface area contributed by atoms with Crippen LogP contribution in [-0.4, -0.2) is 118 Å². The number of hydrogen-bond acceptors (Lipinski definition) is 12. The monoisotopic (exact) mass is 915 g/mol. The minimum atomic E-state index is -1.52. The molecule has 3 aromatic carbocycles. The van der Waals surface area contributed by atoms with E-state index >= 15 is 0 Å². The Morgan fingerprint density at radius 2 is 1.34 bits per heavy atom. The van der Waals surface area contributed by atoms with Crippen LogP contribution in [-0.2, 0) is 52.8 Å². The van der Waals surface area contributed by atoms with Gasteiger partial charge in [0.15, 0.2) is 0 Å². The van der Waals surface area contributed by atoms with E-state index < -0.39 is 83.8 Å². The molecule has 0 radical (unpaired) electrons. The molecule has 1 saturated heterocycles. The highest BCUT2D eigenvalue weighted by molar-refractivity contribution is 8.76. The molecule has 1 fully saturated rings. The van der Waals surface area contributed by atoms with Crippen molar-refractivity contribution in [1.82, 2.24) is 36.9 Å². The molecule has 0 bridgehead atoms. The molecule has 0 spiro atoms. The molecule has 64 heavy (non-hydrogen) atoms. The summed E-state index contributed by atoms with van der Waals surface area (Å²) in [5.41, 5.74) is 15.0. The SMILES string of the molecule is C[C@@H](O)[C@@H]1NC(=O)[C@H](CCCCN)NC(=O)[C@@H](Cc2c[nH]c3ccccc23)NC(=O)[C@H](Cc2ccccc2)NC(=O)[C@@H](NC(=O)[C@H](N)Cc2ccccc2)CSSC[C@@H](C=O)NC1=O. The Balaban J connectivity index is 1.52. The highest BCUT2D eigenvalue weighted by Gasteiger charge is 2.35. The number of aldehydes is 1. The first-order chi connectivity index (χ1) is 30.9. The normalized spacial score (nSPS) is 23.0. The Morgan fingerprint density at radius 3 is 2.02 bits per heavy atom. The molecule has 1 aliphatic rings. The molecule has 1 aliphatic heterocycles. The van der Waals surface area contributed by atoms with Gasteiger partial charge in [-0.25, -0.2) is 0 Å². The summed E-state index contributed by atoms with van der Waals surface area (Å²) in [6.45, 7) is 1.61. The minimum absolute atomic E-state index is 0.00147. The van der Waals surface area contributed by atoms with E-state index in [2.05, 4.69) is 36.9 Å². The molecule has 0 aliphatic carbocycles. The number of aliphatic hydroxyl groups is 1. The van der Waals surface area contributed by atoms with Crippen molar-refractivity contribution in [2.75, 3.05) is 18.1 Å². The van der Waals surface area contributed by atoms with E-state index in [0.29, 0.717) is 36.8 Å². The summed E-state index contributed by atoms with van der Waals surface area (Å²) in [4.78, 5) is 99.7. The summed E-state index contributed by atoms with van der Waals surface area (Å²) in [6.07, 6.45) is 1.96. The molecule has 17 nitrogen and oxygen atoms in total. The topological polar surface area (TPSA) is 280 Å². The first-order valence-corrected chi connectivity index (χ1v) is 23.6. The van der Waals surface area contributed by atoms with Gasteiger partial charge in [-0.15, -0.1) is 0 Å². The van der Waals surface area contributed by atoms with E-state index in [1.165, 1.54) is 6.92 Å². The third kappa shape index (κ3) is 14.7. The second-order valence-electron chi connectivity index (χ2n) is 15.6. The van der Waals surface area contributed by atoms with E-state index in [0.717, 1.165) is 38.1 Å². The number of nitrogens with two attached hydrogens (primary N) is 2. The van der Waals surface area contributed by atoms with Gasteiger partial charge in [0.2, 0.25) is 35.4 Å². The highest BCUT2D eigenvalue weighted by Crippen LogP contribution is 2.24. The van der Waals surface area contributed by atoms with Crippen molar-refractivity contribution in [1.29, 1.82) is 0 Å². The second kappa shape index (κ2) is 24.9. The Bertz CT molecular complexity index is 2200. The molecule has 0 saturated carbocycles. The number of carbonyl (C=O) groups excluding carboxylic acids is 7. The molecule has 19 heteroatoms. The first kappa shape index (κ1) is 49.3. The van der Waals surface area contributed by atoms with Gasteiger partial charge in [0.25, 0.3) is 0 Å². The molecule has 8 atom stereocenters. The van der Waals surface area contributed by atoms with E-state index in [1.807, 2.05) is 54.6 Å². The molecule has 342 valence electrons. The van der Waals surface area contributed by atoms with Gasteiger partial charge in [-0.1, -0.05) is 100 Å². The molecular weight excluding hydrogens is 859 g/mol. The number of carbonyl (C=O) groups is 7. The first-order valence-electron chi connectivity index (χ1n) is 21.1. The van der Waals surface area contributed by atoms with Gasteiger partial charge >= 0.3 is 0 Å². The highest BCUT2D eigenvalue weighted by atomic mass is 33.1. The van der Waals surface area contributed by atoms with Crippen molar-refractivity contribution >= 4 is 74.2 Å². The number of unbranched alkanes of at least 4 members (excludes halogenated alkanes) is 1. The van der Waals surface area contributed by atoms with Crippen LogP contribution in [0, 0.1) is 0 Å². The third-order valence-corrected chi connectivity index (χ3v) is 13.1. The summed E-state index contributed by atoms with van der Waals surface area (Å²) in [6, 6.07) is 16.8. The summed E-state index contributed by atoms with van der Waals surface area (Å²) in [7, 11) is 2.25. The zero-order valence-electron chi connectivity index (χ0n) is 35.5. The van der Waals surface area contributed by atoms with Crippen molar-refractivity contribution in [3.05, 3.63) is 108 Å². The van der Waals surface area contributed by atoms with Gasteiger partial charge < -0.3 is 58.3 Å². The van der Waals surface area contributed by atoms with E-state index in [4.69, 9.17) is 11.5 Å². The number of H-pyrrole nitrogens is 1. The smallest absolute Gasteiger partial charge is 0.245 e. The Morgan fingerprint density at radius 1 is 0.750 bits per heavy atom. The molecule has 2 heterocycles. The summed E-state index contributed by atoms with van der Waals surface area (Å²) >= 11 is 0. The maximum absolute atomic E-state index is 14.6. The third-order valence-electron chi connectivity index (χ3n) is 10.6. The number of benzene rings is 3. The number of fused-ring (bicyclic) bond motifs is 1. The van der Waals surface area contributed by atoms with Crippen molar-refractivity contribution in [2.45, 2.75) is 93.8 Å². The minimum Gasteiger partial charge on any atom is -0.391 e. The molecule has 6 amide bonds. The fourth-order valence-electron chi connectivity index (χ4n) is 7.07. The lowest BCUT2D eigenvalue weighted by Gasteiger charge is -2.28. The predicted molar refractivity (Wildman–Crippen MR) is 247 cm³/mol. The van der Waals surface area contributed by atoms with E-state index in [9.17, 15) is 38.7 Å². The average molecular weight is 916 g/mol. The van der Waals surface area contributed by atoms with Gasteiger partial charge in [0.1, 0.15) is 36.5 Å². The quantitative estimate of drug-likeness (QED) is 0.0472. The standard InChI is InChI=1S/C45H57N9O8S2/c1-27(56)39-45(62)49-31(24-55)25-63-64-26-38(53-40(57)33(47)20-28-12-4-2-5-13-28)44(61)51-36(21-29-14-6-3-7-15-29)42(59)52-37(22-30-23-48-34-17-9-8-16-32(30)34)43(60)50-35(41(58)54-39)18-10-11-19-46/h2-9,12-17,23-24,27,31,33,35-39,48,56H,10-11,18-22,25-26,46-47H2,1H3,(H,49,62)(H,50,60)(H,51,61)(H,52,59)(H,53,57)(H,54,58)/t27-,31-,33-,35+,36+,37-,38+,39+/m1/s1. The van der Waals surface area contributed by atoms with Gasteiger partial charge in [0, 0.05) is 41.4 Å². The molecule has 1 aromatic heterocycles. The Kier molecular flexibility index (Phi) is 19.2. The fourth-order valence-corrected chi connectivity index (χ4v) is 9.37. The number of nitrogens with one attached hydrogen (secondary N) is 7. The Labute approximate surface area is 379 Å². The number of hydrogen-bond donors (Lipinski definition) is 10. The van der Waals surface area contributed by atoms with Gasteiger partial charge in [-0.2, -0.15) is 0 Å². The number of amides is 6. The fraction of sp³-hybridized carbons (Fsp3) is 0.400. The largest absolute Gasteiger partial charge is 0.391 e. The second-order valence-corrected chi connectivity index (χ2v) is 18.2. The van der Waals surface area contributed by atoms with Crippen LogP contribution in [0.3, 0.4) is 0 Å². The zero-order valence-corrected chi connectivity index (χ0v) is 37.1. The van der Waals surface area contributed by atoms with Crippen molar-refractivity contribution in [3.8, 4) is 0 Å². The molecular formula is C45H57N9O8S2. The van der Waals surface area contributed by atoms with Crippen LogP contribution in [0.2, 0.25) is 0 Å². The van der Waals surface area contributed by atoms with Gasteiger partial charge in [-0.3, -0.25) is 28.8 Å².